The molecule has 0 aliphatic heterocycles. The lowest BCUT2D eigenvalue weighted by atomic mass is 9.98. The second kappa shape index (κ2) is 13.0. The molecule has 1 rings (SSSR count). The van der Waals surface area contributed by atoms with Gasteiger partial charge in [0.25, 0.3) is 0 Å². The predicted octanol–water partition coefficient (Wildman–Crippen LogP) is 2.74. The molecular weight excluding hydrogens is 380 g/mol. The molecule has 2 amide bonds. The zero-order chi connectivity index (χ0) is 20.9. The molecule has 0 radical (unpaired) electrons. The van der Waals surface area contributed by atoms with Gasteiger partial charge in [0, 0.05) is 0 Å². The number of thioether (sulfide) groups is 1. The van der Waals surface area contributed by atoms with Gasteiger partial charge in [0.2, 0.25) is 5.91 Å². The number of carbonyl (C=O) groups excluding carboxylic acids is 3. The lowest BCUT2D eigenvalue weighted by molar-refractivity contribution is -0.146. The van der Waals surface area contributed by atoms with E-state index in [-0.39, 0.29) is 12.5 Å². The highest BCUT2D eigenvalue weighted by Crippen LogP contribution is 2.11. The molecule has 0 heterocycles. The van der Waals surface area contributed by atoms with Crippen LogP contribution in [-0.2, 0) is 25.7 Å². The van der Waals surface area contributed by atoms with Crippen LogP contribution in [0.3, 0.4) is 0 Å². The van der Waals surface area contributed by atoms with Gasteiger partial charge < -0.3 is 20.1 Å². The van der Waals surface area contributed by atoms with Crippen molar-refractivity contribution < 1.29 is 23.9 Å². The second-order valence-corrected chi connectivity index (χ2v) is 7.42. The van der Waals surface area contributed by atoms with Crippen molar-refractivity contribution >= 4 is 29.7 Å². The fraction of sp³-hybridized carbons (Fsp3) is 0.550. The summed E-state index contributed by atoms with van der Waals surface area (Å²) in [6.45, 7) is 3.90. The Labute approximate surface area is 170 Å². The Bertz CT molecular complexity index is 626. The Morgan fingerprint density at radius 1 is 1.14 bits per heavy atom. The Balaban J connectivity index is 2.71. The second-order valence-electron chi connectivity index (χ2n) is 6.44. The molecule has 3 atom stereocenters. The fourth-order valence-electron chi connectivity index (χ4n) is 2.46. The summed E-state index contributed by atoms with van der Waals surface area (Å²) < 4.78 is 10.00. The van der Waals surface area contributed by atoms with Crippen LogP contribution in [0.4, 0.5) is 4.79 Å². The molecule has 0 aromatic heterocycles. The van der Waals surface area contributed by atoms with Crippen molar-refractivity contribution in [1.82, 2.24) is 10.6 Å². The Kier molecular flexibility index (Phi) is 11.1. The Morgan fingerprint density at radius 2 is 1.82 bits per heavy atom. The number of carbonyl (C=O) groups is 3. The summed E-state index contributed by atoms with van der Waals surface area (Å²) in [5.74, 6) is -0.356. The van der Waals surface area contributed by atoms with E-state index in [0.29, 0.717) is 18.6 Å². The molecule has 0 spiro atoms. The van der Waals surface area contributed by atoms with Crippen LogP contribution in [-0.4, -0.2) is 49.2 Å². The SMILES string of the molecule is CC[C@H](C)[C@H](NC(=O)[C@@H](CCSC)NC(=O)OCc1ccccc1)C(=O)OC. The van der Waals surface area contributed by atoms with Gasteiger partial charge >= 0.3 is 12.1 Å². The largest absolute Gasteiger partial charge is 0.467 e. The van der Waals surface area contributed by atoms with Crippen LogP contribution in [0.2, 0.25) is 0 Å². The first kappa shape index (κ1) is 23.8. The van der Waals surface area contributed by atoms with Crippen LogP contribution in [0.15, 0.2) is 30.3 Å². The van der Waals surface area contributed by atoms with Crippen molar-refractivity contribution in [2.45, 2.75) is 45.4 Å². The van der Waals surface area contributed by atoms with E-state index in [1.807, 2.05) is 50.4 Å². The number of rotatable bonds is 11. The van der Waals surface area contributed by atoms with Gasteiger partial charge in [-0.05, 0) is 29.9 Å². The van der Waals surface area contributed by atoms with E-state index in [9.17, 15) is 14.4 Å². The van der Waals surface area contributed by atoms with Crippen LogP contribution >= 0.6 is 11.8 Å². The minimum Gasteiger partial charge on any atom is -0.467 e. The average Bonchev–Trinajstić information content (AvgIpc) is 2.72. The van der Waals surface area contributed by atoms with Crippen molar-refractivity contribution in [1.29, 1.82) is 0 Å². The van der Waals surface area contributed by atoms with Gasteiger partial charge in [0.15, 0.2) is 0 Å². The van der Waals surface area contributed by atoms with Gasteiger partial charge in [-0.1, -0.05) is 50.6 Å². The van der Waals surface area contributed by atoms with E-state index < -0.39 is 30.1 Å². The molecule has 0 aliphatic carbocycles. The molecule has 28 heavy (non-hydrogen) atoms. The summed E-state index contributed by atoms with van der Waals surface area (Å²) in [7, 11) is 1.29. The van der Waals surface area contributed by atoms with Crippen molar-refractivity contribution in [3.63, 3.8) is 0 Å². The maximum absolute atomic E-state index is 12.7. The van der Waals surface area contributed by atoms with Crippen LogP contribution < -0.4 is 10.6 Å². The number of ether oxygens (including phenoxy) is 2. The van der Waals surface area contributed by atoms with Crippen LogP contribution in [0.25, 0.3) is 0 Å². The van der Waals surface area contributed by atoms with E-state index in [1.165, 1.54) is 7.11 Å². The standard InChI is InChI=1S/C20H30N2O5S/c1-5-14(2)17(19(24)26-3)22-18(23)16(11-12-28-4)21-20(25)27-13-15-9-7-6-8-10-15/h6-10,14,16-17H,5,11-13H2,1-4H3,(H,21,25)(H,22,23)/t14-,16+,17-/m0/s1. The zero-order valence-electron chi connectivity index (χ0n) is 16.9. The van der Waals surface area contributed by atoms with E-state index >= 15 is 0 Å². The molecule has 0 saturated carbocycles. The maximum atomic E-state index is 12.7. The van der Waals surface area contributed by atoms with E-state index in [1.54, 1.807) is 11.8 Å². The molecule has 7 nitrogen and oxygen atoms in total. The first-order valence-electron chi connectivity index (χ1n) is 9.27. The zero-order valence-corrected chi connectivity index (χ0v) is 17.7. The van der Waals surface area contributed by atoms with Crippen molar-refractivity contribution in [2.24, 2.45) is 5.92 Å². The molecule has 0 aliphatic rings. The van der Waals surface area contributed by atoms with Gasteiger partial charge in [-0.2, -0.15) is 11.8 Å². The first-order chi connectivity index (χ1) is 13.4. The van der Waals surface area contributed by atoms with Crippen LogP contribution in [0.1, 0.15) is 32.3 Å². The number of benzene rings is 1. The third-order valence-corrected chi connectivity index (χ3v) is 5.04. The van der Waals surface area contributed by atoms with Crippen molar-refractivity contribution in [2.75, 3.05) is 19.1 Å². The number of alkyl carbamates (subject to hydrolysis) is 1. The third kappa shape index (κ3) is 8.21. The van der Waals surface area contributed by atoms with Gasteiger partial charge in [-0.15, -0.1) is 0 Å². The number of amides is 2. The third-order valence-electron chi connectivity index (χ3n) is 4.40. The minimum absolute atomic E-state index is 0.0948. The fourth-order valence-corrected chi connectivity index (χ4v) is 2.93. The van der Waals surface area contributed by atoms with Crippen molar-refractivity contribution in [3.8, 4) is 0 Å². The van der Waals surface area contributed by atoms with Gasteiger partial charge in [-0.25, -0.2) is 9.59 Å². The van der Waals surface area contributed by atoms with E-state index in [4.69, 9.17) is 9.47 Å². The monoisotopic (exact) mass is 410 g/mol. The lowest BCUT2D eigenvalue weighted by Crippen LogP contribution is -2.53. The topological polar surface area (TPSA) is 93.7 Å². The highest BCUT2D eigenvalue weighted by molar-refractivity contribution is 7.98. The highest BCUT2D eigenvalue weighted by Gasteiger charge is 2.30. The van der Waals surface area contributed by atoms with Crippen LogP contribution in [0, 0.1) is 5.92 Å². The summed E-state index contributed by atoms with van der Waals surface area (Å²) >= 11 is 1.56. The molecule has 8 heteroatoms. The summed E-state index contributed by atoms with van der Waals surface area (Å²) in [5.41, 5.74) is 0.852. The smallest absolute Gasteiger partial charge is 0.408 e. The average molecular weight is 411 g/mol. The first-order valence-corrected chi connectivity index (χ1v) is 10.7. The van der Waals surface area contributed by atoms with Gasteiger partial charge in [0.1, 0.15) is 18.7 Å². The molecule has 0 fully saturated rings. The molecule has 1 aromatic carbocycles. The predicted molar refractivity (Wildman–Crippen MR) is 110 cm³/mol. The quantitative estimate of drug-likeness (QED) is 0.545. The minimum atomic E-state index is -0.799. The van der Waals surface area contributed by atoms with Gasteiger partial charge in [-0.3, -0.25) is 4.79 Å². The Morgan fingerprint density at radius 3 is 2.39 bits per heavy atom. The van der Waals surface area contributed by atoms with E-state index in [0.717, 1.165) is 5.56 Å². The number of nitrogens with one attached hydrogen (secondary N) is 2. The molecule has 1 aromatic rings. The molecule has 0 saturated heterocycles. The summed E-state index contributed by atoms with van der Waals surface area (Å²) in [5, 5.41) is 5.32. The number of hydrogen-bond acceptors (Lipinski definition) is 6. The number of hydrogen-bond donors (Lipinski definition) is 2. The number of esters is 1. The van der Waals surface area contributed by atoms with Crippen LogP contribution in [0.5, 0.6) is 0 Å². The van der Waals surface area contributed by atoms with Gasteiger partial charge in [0.05, 0.1) is 7.11 Å². The number of methoxy groups -OCH3 is 1. The molecule has 0 unspecified atom stereocenters. The molecule has 156 valence electrons. The summed E-state index contributed by atoms with van der Waals surface area (Å²) in [6, 6.07) is 7.71. The highest BCUT2D eigenvalue weighted by atomic mass is 32.2. The maximum Gasteiger partial charge on any atom is 0.408 e. The normalized spacial score (nSPS) is 13.7. The van der Waals surface area contributed by atoms with E-state index in [2.05, 4.69) is 10.6 Å². The van der Waals surface area contributed by atoms with Crippen molar-refractivity contribution in [3.05, 3.63) is 35.9 Å². The Hall–Kier alpha value is -2.22. The molecule has 0 bridgehead atoms. The summed E-state index contributed by atoms with van der Waals surface area (Å²) in [4.78, 5) is 36.9. The molecule has 2 N–H and O–H groups in total. The molecular formula is C20H30N2O5S. The lowest BCUT2D eigenvalue weighted by Gasteiger charge is -2.25. The summed E-state index contributed by atoms with van der Waals surface area (Å²) in [6.07, 6.45) is 2.35.